The molecule has 0 aliphatic rings. The number of aryl methyl sites for hydroxylation is 1. The second-order valence-corrected chi connectivity index (χ2v) is 3.34. The van der Waals surface area contributed by atoms with Gasteiger partial charge >= 0.3 is 0 Å². The first kappa shape index (κ1) is 9.45. The topological polar surface area (TPSA) is 58.9 Å². The standard InChI is InChI=1S/C11H10N2O2/c1-8-3-2-4-10-11(8)9(7-12-10)5-6-13(14)15/h2-7,12H,1H3/b6-5+. The minimum absolute atomic E-state index is 0.461. The van der Waals surface area contributed by atoms with E-state index in [0.29, 0.717) is 0 Å². The molecule has 0 saturated heterocycles. The molecule has 2 aromatic rings. The van der Waals surface area contributed by atoms with Crippen molar-refractivity contribution in [3.8, 4) is 0 Å². The monoisotopic (exact) mass is 202 g/mol. The van der Waals surface area contributed by atoms with Crippen LogP contribution in [0.25, 0.3) is 17.0 Å². The van der Waals surface area contributed by atoms with Crippen LogP contribution in [0.3, 0.4) is 0 Å². The van der Waals surface area contributed by atoms with Gasteiger partial charge in [-0.3, -0.25) is 10.1 Å². The number of aromatic amines is 1. The lowest BCUT2D eigenvalue weighted by molar-refractivity contribution is -0.400. The molecular weight excluding hydrogens is 192 g/mol. The Hall–Kier alpha value is -2.10. The van der Waals surface area contributed by atoms with E-state index in [1.54, 1.807) is 6.20 Å². The van der Waals surface area contributed by atoms with E-state index in [-0.39, 0.29) is 0 Å². The van der Waals surface area contributed by atoms with E-state index in [4.69, 9.17) is 0 Å². The predicted molar refractivity (Wildman–Crippen MR) is 59.1 cm³/mol. The van der Waals surface area contributed by atoms with Crippen LogP contribution in [-0.2, 0) is 0 Å². The van der Waals surface area contributed by atoms with Gasteiger partial charge in [0.25, 0.3) is 0 Å². The van der Waals surface area contributed by atoms with Gasteiger partial charge in [-0.2, -0.15) is 0 Å². The van der Waals surface area contributed by atoms with E-state index in [1.165, 1.54) is 6.08 Å². The molecule has 1 aromatic heterocycles. The molecule has 1 N–H and O–H groups in total. The van der Waals surface area contributed by atoms with Crippen molar-refractivity contribution in [3.05, 3.63) is 51.8 Å². The van der Waals surface area contributed by atoms with Crippen molar-refractivity contribution in [3.63, 3.8) is 0 Å². The number of aromatic nitrogens is 1. The summed E-state index contributed by atoms with van der Waals surface area (Å²) in [5, 5.41) is 11.3. The molecule has 0 aliphatic carbocycles. The molecule has 2 rings (SSSR count). The first-order valence-electron chi connectivity index (χ1n) is 4.57. The molecule has 1 heterocycles. The van der Waals surface area contributed by atoms with Crippen molar-refractivity contribution < 1.29 is 4.92 Å². The normalized spacial score (nSPS) is 11.3. The van der Waals surface area contributed by atoms with Crippen molar-refractivity contribution in [1.29, 1.82) is 0 Å². The fourth-order valence-electron chi connectivity index (χ4n) is 1.67. The van der Waals surface area contributed by atoms with Crippen LogP contribution in [0.4, 0.5) is 0 Å². The molecule has 4 nitrogen and oxygen atoms in total. The van der Waals surface area contributed by atoms with Crippen LogP contribution < -0.4 is 0 Å². The molecule has 0 fully saturated rings. The van der Waals surface area contributed by atoms with Gasteiger partial charge in [-0.05, 0) is 18.6 Å². The zero-order valence-corrected chi connectivity index (χ0v) is 8.23. The summed E-state index contributed by atoms with van der Waals surface area (Å²) < 4.78 is 0. The molecule has 76 valence electrons. The summed E-state index contributed by atoms with van der Waals surface area (Å²) in [5.74, 6) is 0. The predicted octanol–water partition coefficient (Wildman–Crippen LogP) is 2.72. The van der Waals surface area contributed by atoms with E-state index in [9.17, 15) is 10.1 Å². The van der Waals surface area contributed by atoms with Crippen LogP contribution in [0.5, 0.6) is 0 Å². The number of rotatable bonds is 2. The van der Waals surface area contributed by atoms with Gasteiger partial charge in [0.1, 0.15) is 0 Å². The zero-order chi connectivity index (χ0) is 10.8. The number of nitrogens with one attached hydrogen (secondary N) is 1. The van der Waals surface area contributed by atoms with Gasteiger partial charge in [0.05, 0.1) is 4.92 Å². The van der Waals surface area contributed by atoms with Crippen molar-refractivity contribution in [2.45, 2.75) is 6.92 Å². The van der Waals surface area contributed by atoms with Crippen LogP contribution in [0.15, 0.2) is 30.6 Å². The minimum Gasteiger partial charge on any atom is -0.361 e. The average molecular weight is 202 g/mol. The number of H-pyrrole nitrogens is 1. The van der Waals surface area contributed by atoms with Gasteiger partial charge in [0.15, 0.2) is 0 Å². The van der Waals surface area contributed by atoms with Crippen LogP contribution in [0.1, 0.15) is 11.1 Å². The fourth-order valence-corrected chi connectivity index (χ4v) is 1.67. The SMILES string of the molecule is Cc1cccc2[nH]cc(/C=C/[N+](=O)[O-])c12. The van der Waals surface area contributed by atoms with Gasteiger partial charge in [-0.25, -0.2) is 0 Å². The first-order valence-corrected chi connectivity index (χ1v) is 4.57. The Kier molecular flexibility index (Phi) is 2.25. The second-order valence-electron chi connectivity index (χ2n) is 3.34. The number of benzene rings is 1. The average Bonchev–Trinajstić information content (AvgIpc) is 2.59. The lowest BCUT2D eigenvalue weighted by Crippen LogP contribution is -1.82. The maximum Gasteiger partial charge on any atom is 0.235 e. The van der Waals surface area contributed by atoms with Crippen LogP contribution in [0, 0.1) is 17.0 Å². The Bertz CT molecular complexity index is 541. The fraction of sp³-hybridized carbons (Fsp3) is 0.0909. The summed E-state index contributed by atoms with van der Waals surface area (Å²) in [6.45, 7) is 1.99. The Morgan fingerprint density at radius 2 is 2.27 bits per heavy atom. The van der Waals surface area contributed by atoms with Crippen LogP contribution >= 0.6 is 0 Å². The Morgan fingerprint density at radius 3 is 3.00 bits per heavy atom. The third kappa shape index (κ3) is 1.74. The highest BCUT2D eigenvalue weighted by Crippen LogP contribution is 2.22. The summed E-state index contributed by atoms with van der Waals surface area (Å²) >= 11 is 0. The highest BCUT2D eigenvalue weighted by Gasteiger charge is 2.03. The van der Waals surface area contributed by atoms with Gasteiger partial charge in [-0.15, -0.1) is 0 Å². The molecule has 0 unspecified atom stereocenters. The molecule has 0 aliphatic heterocycles. The van der Waals surface area contributed by atoms with Gasteiger partial charge in [-0.1, -0.05) is 12.1 Å². The molecule has 0 spiro atoms. The second kappa shape index (κ2) is 3.57. The number of hydrogen-bond donors (Lipinski definition) is 1. The quantitative estimate of drug-likeness (QED) is 0.601. The van der Waals surface area contributed by atoms with E-state index in [0.717, 1.165) is 28.2 Å². The first-order chi connectivity index (χ1) is 7.18. The summed E-state index contributed by atoms with van der Waals surface area (Å²) in [7, 11) is 0. The number of fused-ring (bicyclic) bond motifs is 1. The largest absolute Gasteiger partial charge is 0.361 e. The maximum absolute atomic E-state index is 10.2. The lowest BCUT2D eigenvalue weighted by atomic mass is 10.1. The lowest BCUT2D eigenvalue weighted by Gasteiger charge is -1.96. The molecule has 0 saturated carbocycles. The van der Waals surface area contributed by atoms with E-state index in [1.807, 2.05) is 25.1 Å². The van der Waals surface area contributed by atoms with E-state index < -0.39 is 4.92 Å². The van der Waals surface area contributed by atoms with Crippen molar-refractivity contribution in [1.82, 2.24) is 4.98 Å². The minimum atomic E-state index is -0.461. The highest BCUT2D eigenvalue weighted by atomic mass is 16.6. The number of nitro groups is 1. The van der Waals surface area contributed by atoms with Crippen molar-refractivity contribution >= 4 is 17.0 Å². The summed E-state index contributed by atoms with van der Waals surface area (Å²) in [5.41, 5.74) is 2.95. The highest BCUT2D eigenvalue weighted by molar-refractivity contribution is 5.91. The van der Waals surface area contributed by atoms with Gasteiger partial charge < -0.3 is 4.98 Å². The molecule has 0 atom stereocenters. The number of nitrogens with zero attached hydrogens (tertiary/aromatic N) is 1. The molecule has 0 radical (unpaired) electrons. The third-order valence-electron chi connectivity index (χ3n) is 2.32. The van der Waals surface area contributed by atoms with E-state index in [2.05, 4.69) is 4.98 Å². The van der Waals surface area contributed by atoms with Crippen molar-refractivity contribution in [2.24, 2.45) is 0 Å². The van der Waals surface area contributed by atoms with Gasteiger partial charge in [0, 0.05) is 28.7 Å². The Labute approximate surface area is 86.4 Å². The van der Waals surface area contributed by atoms with Crippen molar-refractivity contribution in [2.75, 3.05) is 0 Å². The summed E-state index contributed by atoms with van der Waals surface area (Å²) in [6.07, 6.45) is 4.23. The summed E-state index contributed by atoms with van der Waals surface area (Å²) in [4.78, 5) is 12.8. The van der Waals surface area contributed by atoms with Crippen LogP contribution in [0.2, 0.25) is 0 Å². The van der Waals surface area contributed by atoms with Crippen LogP contribution in [-0.4, -0.2) is 9.91 Å². The molecule has 4 heteroatoms. The molecule has 1 aromatic carbocycles. The Morgan fingerprint density at radius 1 is 1.47 bits per heavy atom. The molecule has 0 amide bonds. The zero-order valence-electron chi connectivity index (χ0n) is 8.23. The smallest absolute Gasteiger partial charge is 0.235 e. The maximum atomic E-state index is 10.2. The molecule has 15 heavy (non-hydrogen) atoms. The molecular formula is C11H10N2O2. The van der Waals surface area contributed by atoms with E-state index >= 15 is 0 Å². The Balaban J connectivity index is 2.57. The number of hydrogen-bond acceptors (Lipinski definition) is 2. The molecule has 0 bridgehead atoms. The van der Waals surface area contributed by atoms with Gasteiger partial charge in [0.2, 0.25) is 6.20 Å². The summed E-state index contributed by atoms with van der Waals surface area (Å²) in [6, 6.07) is 5.89. The third-order valence-corrected chi connectivity index (χ3v) is 2.32.